The zero-order chi connectivity index (χ0) is 11.9. The van der Waals surface area contributed by atoms with E-state index in [0.717, 1.165) is 29.9 Å². The Balaban J connectivity index is 1.90. The summed E-state index contributed by atoms with van der Waals surface area (Å²) in [4.78, 5) is 0. The zero-order valence-electron chi connectivity index (χ0n) is 9.53. The number of aromatic nitrogens is 1. The molecule has 0 saturated carbocycles. The van der Waals surface area contributed by atoms with Crippen LogP contribution in [0.1, 0.15) is 12.8 Å². The van der Waals surface area contributed by atoms with Crippen molar-refractivity contribution in [3.05, 3.63) is 36.6 Å². The van der Waals surface area contributed by atoms with Crippen LogP contribution in [0.15, 0.2) is 41.1 Å². The van der Waals surface area contributed by atoms with Crippen molar-refractivity contribution in [2.24, 2.45) is 0 Å². The van der Waals surface area contributed by atoms with Crippen molar-refractivity contribution in [1.29, 1.82) is 0 Å². The van der Waals surface area contributed by atoms with Crippen molar-refractivity contribution in [2.45, 2.75) is 12.8 Å². The monoisotopic (exact) mass is 234 g/mol. The number of unbranched alkanes of at least 4 members (excludes halogenated alkanes) is 1. The smallest absolute Gasteiger partial charge is 0.124 e. The van der Waals surface area contributed by atoms with Crippen LogP contribution in [-0.2, 0) is 0 Å². The molecule has 0 aliphatic heterocycles. The van der Waals surface area contributed by atoms with Gasteiger partial charge < -0.3 is 9.84 Å². The number of hydrogen-bond acceptors (Lipinski definition) is 3. The fourth-order valence-corrected chi connectivity index (χ4v) is 1.57. The summed E-state index contributed by atoms with van der Waals surface area (Å²) < 4.78 is 16.7. The number of halogens is 1. The van der Waals surface area contributed by atoms with E-state index in [1.165, 1.54) is 0 Å². The van der Waals surface area contributed by atoms with Crippen LogP contribution in [0.5, 0.6) is 0 Å². The Bertz CT molecular complexity index is 425. The highest BCUT2D eigenvalue weighted by Crippen LogP contribution is 2.19. The molecule has 0 amide bonds. The number of rotatable bonds is 6. The normalized spacial score (nSPS) is 10.4. The van der Waals surface area contributed by atoms with E-state index in [9.17, 15) is 4.39 Å². The largest absolute Gasteiger partial charge is 0.385 e. The molecule has 2 rings (SSSR count). The van der Waals surface area contributed by atoms with E-state index < -0.39 is 0 Å². The van der Waals surface area contributed by atoms with Crippen LogP contribution >= 0.6 is 0 Å². The fraction of sp³-hybridized carbons (Fsp3) is 0.308. The highest BCUT2D eigenvalue weighted by Gasteiger charge is 2.00. The molecule has 0 radical (unpaired) electrons. The van der Waals surface area contributed by atoms with Gasteiger partial charge in [-0.15, -0.1) is 0 Å². The molecular weight excluding hydrogens is 219 g/mol. The predicted molar refractivity (Wildman–Crippen MR) is 65.6 cm³/mol. The van der Waals surface area contributed by atoms with Gasteiger partial charge in [0, 0.05) is 23.9 Å². The molecule has 0 spiro atoms. The van der Waals surface area contributed by atoms with Crippen molar-refractivity contribution in [3.63, 3.8) is 0 Å². The Morgan fingerprint density at radius 2 is 1.94 bits per heavy atom. The van der Waals surface area contributed by atoms with E-state index in [4.69, 9.17) is 4.52 Å². The molecule has 1 aromatic carbocycles. The zero-order valence-corrected chi connectivity index (χ0v) is 9.53. The van der Waals surface area contributed by atoms with Crippen LogP contribution < -0.4 is 5.32 Å². The molecule has 0 aliphatic rings. The molecule has 17 heavy (non-hydrogen) atoms. The number of nitrogens with zero attached hydrogens (tertiary/aromatic N) is 1. The molecule has 1 aromatic heterocycles. The maximum atomic E-state index is 11.9. The summed E-state index contributed by atoms with van der Waals surface area (Å²) in [5.74, 6) is 0. The van der Waals surface area contributed by atoms with Crippen molar-refractivity contribution in [3.8, 4) is 11.3 Å². The summed E-state index contributed by atoms with van der Waals surface area (Å²) in [5.41, 5.74) is 2.89. The molecule has 0 atom stereocenters. The first-order chi connectivity index (χ1) is 8.40. The molecule has 0 fully saturated rings. The second-order valence-corrected chi connectivity index (χ2v) is 3.78. The standard InChI is InChI=1S/C13H15FN2O/c14-8-1-2-9-15-12-5-3-11(4-6-12)13-7-10-17-16-13/h3-7,10,15H,1-2,8-9H2. The number of anilines is 1. The van der Waals surface area contributed by atoms with Crippen LogP contribution in [0, 0.1) is 0 Å². The Hall–Kier alpha value is -1.84. The quantitative estimate of drug-likeness (QED) is 0.777. The third-order valence-corrected chi connectivity index (χ3v) is 2.51. The third-order valence-electron chi connectivity index (χ3n) is 2.51. The Morgan fingerprint density at radius 1 is 1.12 bits per heavy atom. The second-order valence-electron chi connectivity index (χ2n) is 3.78. The maximum absolute atomic E-state index is 11.9. The van der Waals surface area contributed by atoms with Gasteiger partial charge in [0.2, 0.25) is 0 Å². The highest BCUT2D eigenvalue weighted by atomic mass is 19.1. The van der Waals surface area contributed by atoms with Gasteiger partial charge in [-0.1, -0.05) is 17.3 Å². The van der Waals surface area contributed by atoms with Crippen LogP contribution in [0.3, 0.4) is 0 Å². The van der Waals surface area contributed by atoms with Gasteiger partial charge in [0.25, 0.3) is 0 Å². The van der Waals surface area contributed by atoms with Crippen molar-refractivity contribution in [2.75, 3.05) is 18.5 Å². The van der Waals surface area contributed by atoms with E-state index in [2.05, 4.69) is 10.5 Å². The number of hydrogen-bond donors (Lipinski definition) is 1. The molecule has 2 aromatic rings. The summed E-state index contributed by atoms with van der Waals surface area (Å²) in [7, 11) is 0. The lowest BCUT2D eigenvalue weighted by molar-refractivity contribution is 0.422. The van der Waals surface area contributed by atoms with E-state index in [1.54, 1.807) is 6.26 Å². The lowest BCUT2D eigenvalue weighted by atomic mass is 10.1. The van der Waals surface area contributed by atoms with Gasteiger partial charge in [-0.3, -0.25) is 4.39 Å². The highest BCUT2D eigenvalue weighted by molar-refractivity contribution is 5.61. The minimum atomic E-state index is -0.243. The van der Waals surface area contributed by atoms with Gasteiger partial charge in [0.15, 0.2) is 0 Å². The molecular formula is C13H15FN2O. The number of benzene rings is 1. The average Bonchev–Trinajstić information content (AvgIpc) is 2.89. The molecule has 90 valence electrons. The molecule has 0 saturated heterocycles. The summed E-state index contributed by atoms with van der Waals surface area (Å²) in [5, 5.41) is 7.11. The SMILES string of the molecule is FCCCCNc1ccc(-c2ccon2)cc1. The van der Waals surface area contributed by atoms with Crippen LogP contribution in [0.4, 0.5) is 10.1 Å². The van der Waals surface area contributed by atoms with Gasteiger partial charge in [-0.05, 0) is 25.0 Å². The number of nitrogens with one attached hydrogen (secondary N) is 1. The lowest BCUT2D eigenvalue weighted by Crippen LogP contribution is -2.01. The van der Waals surface area contributed by atoms with Gasteiger partial charge >= 0.3 is 0 Å². The summed E-state index contributed by atoms with van der Waals surface area (Å²) >= 11 is 0. The molecule has 0 aliphatic carbocycles. The first-order valence-corrected chi connectivity index (χ1v) is 5.71. The lowest BCUT2D eigenvalue weighted by Gasteiger charge is -2.05. The Kier molecular flexibility index (Phi) is 4.13. The van der Waals surface area contributed by atoms with Gasteiger partial charge in [-0.25, -0.2) is 0 Å². The molecule has 3 nitrogen and oxygen atoms in total. The van der Waals surface area contributed by atoms with E-state index in [1.807, 2.05) is 30.3 Å². The van der Waals surface area contributed by atoms with Crippen molar-refractivity contribution < 1.29 is 8.91 Å². The van der Waals surface area contributed by atoms with Gasteiger partial charge in [0.05, 0.1) is 6.67 Å². The van der Waals surface area contributed by atoms with Gasteiger partial charge in [-0.2, -0.15) is 0 Å². The summed E-state index contributed by atoms with van der Waals surface area (Å²) in [6.45, 7) is 0.556. The van der Waals surface area contributed by atoms with Crippen LogP contribution in [0.25, 0.3) is 11.3 Å². The van der Waals surface area contributed by atoms with Gasteiger partial charge in [0.1, 0.15) is 12.0 Å². The molecule has 1 N–H and O–H groups in total. The third kappa shape index (κ3) is 3.31. The molecule has 0 unspecified atom stereocenters. The topological polar surface area (TPSA) is 38.1 Å². The van der Waals surface area contributed by atoms with Crippen LogP contribution in [0.2, 0.25) is 0 Å². The van der Waals surface area contributed by atoms with E-state index in [-0.39, 0.29) is 6.67 Å². The fourth-order valence-electron chi connectivity index (χ4n) is 1.57. The Labute approximate surface area is 99.6 Å². The summed E-state index contributed by atoms with van der Waals surface area (Å²) in [6.07, 6.45) is 3.02. The van der Waals surface area contributed by atoms with E-state index >= 15 is 0 Å². The molecule has 4 heteroatoms. The van der Waals surface area contributed by atoms with Crippen molar-refractivity contribution >= 4 is 5.69 Å². The first-order valence-electron chi connectivity index (χ1n) is 5.71. The second kappa shape index (κ2) is 6.03. The minimum Gasteiger partial charge on any atom is -0.385 e. The first kappa shape index (κ1) is 11.6. The van der Waals surface area contributed by atoms with Crippen molar-refractivity contribution in [1.82, 2.24) is 5.16 Å². The molecule has 0 bridgehead atoms. The van der Waals surface area contributed by atoms with Crippen LogP contribution in [-0.4, -0.2) is 18.4 Å². The molecule has 1 heterocycles. The predicted octanol–water partition coefficient (Wildman–Crippen LogP) is 3.50. The summed E-state index contributed by atoms with van der Waals surface area (Å²) in [6, 6.07) is 9.76. The van der Waals surface area contributed by atoms with E-state index in [0.29, 0.717) is 6.42 Å². The maximum Gasteiger partial charge on any atom is 0.124 e. The number of alkyl halides is 1. The Morgan fingerprint density at radius 3 is 2.59 bits per heavy atom. The minimum absolute atomic E-state index is 0.243. The average molecular weight is 234 g/mol.